The van der Waals surface area contributed by atoms with Gasteiger partial charge in [0.25, 0.3) is 0 Å². The van der Waals surface area contributed by atoms with E-state index in [4.69, 9.17) is 0 Å². The van der Waals surface area contributed by atoms with E-state index in [0.29, 0.717) is 5.92 Å². The smallest absolute Gasteiger partial charge is 0.165 e. The maximum atomic E-state index is 12.9. The van der Waals surface area contributed by atoms with Crippen LogP contribution >= 0.6 is 0 Å². The van der Waals surface area contributed by atoms with Crippen LogP contribution in [0.25, 0.3) is 0 Å². The van der Waals surface area contributed by atoms with Gasteiger partial charge >= 0.3 is 0 Å². The SMILES string of the molecule is CCC=C=C(F)/C=C(\C)C(C)C. The first kappa shape index (κ1) is 11.2. The lowest BCUT2D eigenvalue weighted by molar-refractivity contribution is 0.659. The minimum absolute atomic E-state index is 0.275. The zero-order valence-electron chi connectivity index (χ0n) is 8.32. The highest BCUT2D eigenvalue weighted by molar-refractivity contribution is 5.17. The molecule has 1 heteroatoms. The lowest BCUT2D eigenvalue weighted by atomic mass is 10.1. The van der Waals surface area contributed by atoms with E-state index >= 15 is 0 Å². The van der Waals surface area contributed by atoms with Crippen molar-refractivity contribution in [3.8, 4) is 0 Å². The summed E-state index contributed by atoms with van der Waals surface area (Å²) in [7, 11) is 0. The highest BCUT2D eigenvalue weighted by atomic mass is 19.1. The quantitative estimate of drug-likeness (QED) is 0.441. The second-order valence-corrected chi connectivity index (χ2v) is 3.15. The van der Waals surface area contributed by atoms with Gasteiger partial charge < -0.3 is 0 Å². The molecule has 0 heterocycles. The molecular formula is C11H17F. The van der Waals surface area contributed by atoms with Crippen LogP contribution in [0.3, 0.4) is 0 Å². The van der Waals surface area contributed by atoms with Crippen molar-refractivity contribution >= 4 is 0 Å². The zero-order valence-corrected chi connectivity index (χ0v) is 8.32. The molecule has 12 heavy (non-hydrogen) atoms. The Morgan fingerprint density at radius 1 is 1.50 bits per heavy atom. The Kier molecular flexibility index (Phi) is 5.40. The molecule has 0 radical (unpaired) electrons. The molecule has 0 aliphatic carbocycles. The minimum atomic E-state index is -0.275. The Bertz CT molecular complexity index is 215. The number of hydrogen-bond acceptors (Lipinski definition) is 0. The van der Waals surface area contributed by atoms with E-state index in [1.807, 2.05) is 27.7 Å². The van der Waals surface area contributed by atoms with E-state index in [1.165, 1.54) is 6.08 Å². The van der Waals surface area contributed by atoms with Crippen molar-refractivity contribution in [1.82, 2.24) is 0 Å². The van der Waals surface area contributed by atoms with Crippen LogP contribution < -0.4 is 0 Å². The van der Waals surface area contributed by atoms with E-state index in [9.17, 15) is 4.39 Å². The summed E-state index contributed by atoms with van der Waals surface area (Å²) in [5, 5.41) is 0. The number of rotatable bonds is 3. The normalized spacial score (nSPS) is 11.3. The van der Waals surface area contributed by atoms with E-state index in [2.05, 4.69) is 5.73 Å². The summed E-state index contributed by atoms with van der Waals surface area (Å²) in [4.78, 5) is 0. The third kappa shape index (κ3) is 4.92. The van der Waals surface area contributed by atoms with Crippen molar-refractivity contribution in [1.29, 1.82) is 0 Å². The highest BCUT2D eigenvalue weighted by Gasteiger charge is 1.96. The summed E-state index contributed by atoms with van der Waals surface area (Å²) < 4.78 is 12.9. The first-order valence-electron chi connectivity index (χ1n) is 4.36. The maximum Gasteiger partial charge on any atom is 0.165 e. The van der Waals surface area contributed by atoms with Crippen molar-refractivity contribution in [3.05, 3.63) is 29.3 Å². The van der Waals surface area contributed by atoms with Gasteiger partial charge in [-0.1, -0.05) is 32.1 Å². The van der Waals surface area contributed by atoms with Crippen molar-refractivity contribution < 1.29 is 4.39 Å². The van der Waals surface area contributed by atoms with Crippen molar-refractivity contribution in [2.45, 2.75) is 34.1 Å². The summed E-state index contributed by atoms with van der Waals surface area (Å²) in [6.45, 7) is 7.97. The summed E-state index contributed by atoms with van der Waals surface area (Å²) in [6.07, 6.45) is 4.05. The summed E-state index contributed by atoms with van der Waals surface area (Å²) in [6, 6.07) is 0. The largest absolute Gasteiger partial charge is 0.198 e. The summed E-state index contributed by atoms with van der Waals surface area (Å²) in [5.41, 5.74) is 3.61. The molecule has 0 spiro atoms. The molecular weight excluding hydrogens is 151 g/mol. The van der Waals surface area contributed by atoms with Crippen molar-refractivity contribution in [3.63, 3.8) is 0 Å². The molecule has 0 fully saturated rings. The van der Waals surface area contributed by atoms with Crippen LogP contribution in [0.5, 0.6) is 0 Å². The van der Waals surface area contributed by atoms with Crippen molar-refractivity contribution in [2.75, 3.05) is 0 Å². The van der Waals surface area contributed by atoms with Gasteiger partial charge in [-0.3, -0.25) is 0 Å². The van der Waals surface area contributed by atoms with Crippen LogP contribution in [0.4, 0.5) is 4.39 Å². The molecule has 0 atom stereocenters. The molecule has 0 N–H and O–H groups in total. The van der Waals surface area contributed by atoms with Crippen LogP contribution in [-0.2, 0) is 0 Å². The number of allylic oxidation sites excluding steroid dienone is 3. The lowest BCUT2D eigenvalue weighted by Crippen LogP contribution is -1.87. The van der Waals surface area contributed by atoms with E-state index in [0.717, 1.165) is 12.0 Å². The molecule has 0 unspecified atom stereocenters. The predicted octanol–water partition coefficient (Wildman–Crippen LogP) is 4.01. The fraction of sp³-hybridized carbons (Fsp3) is 0.545. The number of hydrogen-bond donors (Lipinski definition) is 0. The fourth-order valence-electron chi connectivity index (χ4n) is 0.608. The average molecular weight is 168 g/mol. The summed E-state index contributed by atoms with van der Waals surface area (Å²) >= 11 is 0. The highest BCUT2D eigenvalue weighted by Crippen LogP contribution is 2.11. The number of halogens is 1. The second-order valence-electron chi connectivity index (χ2n) is 3.15. The zero-order chi connectivity index (χ0) is 9.56. The van der Waals surface area contributed by atoms with Gasteiger partial charge in [-0.2, -0.15) is 4.39 Å². The molecule has 0 rings (SSSR count). The molecule has 0 amide bonds. The van der Waals surface area contributed by atoms with Crippen molar-refractivity contribution in [2.24, 2.45) is 5.92 Å². The molecule has 0 nitrogen and oxygen atoms in total. The molecule has 68 valence electrons. The molecule has 0 aliphatic heterocycles. The van der Waals surface area contributed by atoms with E-state index in [1.54, 1.807) is 6.08 Å². The van der Waals surface area contributed by atoms with Gasteiger partial charge in [0.1, 0.15) is 0 Å². The predicted molar refractivity (Wildman–Crippen MR) is 51.6 cm³/mol. The molecule has 0 bridgehead atoms. The molecule has 0 aromatic carbocycles. The standard InChI is InChI=1S/C11H17F/c1-5-6-7-11(12)8-10(4)9(2)3/h6,8-9H,5H2,1-4H3/b10-8+. The third-order valence-corrected chi connectivity index (χ3v) is 1.71. The molecule has 0 saturated heterocycles. The van der Waals surface area contributed by atoms with E-state index in [-0.39, 0.29) is 5.83 Å². The van der Waals surface area contributed by atoms with Crippen LogP contribution in [0, 0.1) is 5.92 Å². The van der Waals surface area contributed by atoms with Gasteiger partial charge in [-0.15, -0.1) is 0 Å². The van der Waals surface area contributed by atoms with Crippen LogP contribution in [0.2, 0.25) is 0 Å². The fourth-order valence-corrected chi connectivity index (χ4v) is 0.608. The van der Waals surface area contributed by atoms with Crippen LogP contribution in [0.1, 0.15) is 34.1 Å². The van der Waals surface area contributed by atoms with Gasteiger partial charge in [0.05, 0.1) is 0 Å². The Morgan fingerprint density at radius 2 is 2.08 bits per heavy atom. The maximum absolute atomic E-state index is 12.9. The molecule has 0 aliphatic rings. The molecule has 0 saturated carbocycles. The van der Waals surface area contributed by atoms with Crippen LogP contribution in [-0.4, -0.2) is 0 Å². The average Bonchev–Trinajstić information content (AvgIpc) is 2.00. The molecule has 0 aromatic rings. The van der Waals surface area contributed by atoms with Gasteiger partial charge in [0.2, 0.25) is 0 Å². The summed E-state index contributed by atoms with van der Waals surface area (Å²) in [5.74, 6) is 0.127. The Hall–Kier alpha value is -0.810. The topological polar surface area (TPSA) is 0 Å². The Labute approximate surface area is 74.5 Å². The van der Waals surface area contributed by atoms with Crippen LogP contribution in [0.15, 0.2) is 29.3 Å². The first-order valence-corrected chi connectivity index (χ1v) is 4.36. The molecule has 0 aromatic heterocycles. The third-order valence-electron chi connectivity index (χ3n) is 1.71. The monoisotopic (exact) mass is 168 g/mol. The van der Waals surface area contributed by atoms with Gasteiger partial charge in [-0.25, -0.2) is 0 Å². The van der Waals surface area contributed by atoms with Gasteiger partial charge in [0, 0.05) is 0 Å². The lowest BCUT2D eigenvalue weighted by Gasteiger charge is -2.01. The second kappa shape index (κ2) is 5.79. The Morgan fingerprint density at radius 3 is 2.50 bits per heavy atom. The first-order chi connectivity index (χ1) is 5.57. The minimum Gasteiger partial charge on any atom is -0.198 e. The Balaban J connectivity index is 4.43. The van der Waals surface area contributed by atoms with Gasteiger partial charge in [0.15, 0.2) is 5.83 Å². The van der Waals surface area contributed by atoms with E-state index < -0.39 is 0 Å². The van der Waals surface area contributed by atoms with Gasteiger partial charge in [-0.05, 0) is 31.4 Å².